The predicted octanol–water partition coefficient (Wildman–Crippen LogP) is 1.88. The average molecular weight is 311 g/mol. The summed E-state index contributed by atoms with van der Waals surface area (Å²) < 4.78 is 27.4. The summed E-state index contributed by atoms with van der Waals surface area (Å²) in [4.78, 5) is 1.01. The smallest absolute Gasteiger partial charge is 0.250 e. The molecule has 1 aliphatic rings. The van der Waals surface area contributed by atoms with Gasteiger partial charge >= 0.3 is 0 Å². The van der Waals surface area contributed by atoms with Crippen LogP contribution >= 0.6 is 23.7 Å². The lowest BCUT2D eigenvalue weighted by molar-refractivity contribution is 0.453. The van der Waals surface area contributed by atoms with E-state index in [1.54, 1.807) is 6.07 Å². The summed E-state index contributed by atoms with van der Waals surface area (Å²) in [5, 5.41) is 0. The maximum atomic E-state index is 12.1. The van der Waals surface area contributed by atoms with Gasteiger partial charge in [-0.1, -0.05) is 6.42 Å². The molecular formula is C11H19ClN2O2S2. The van der Waals surface area contributed by atoms with Crippen LogP contribution in [0.15, 0.2) is 16.3 Å². The lowest BCUT2D eigenvalue weighted by Crippen LogP contribution is -2.39. The third-order valence-corrected chi connectivity index (χ3v) is 6.23. The van der Waals surface area contributed by atoms with Crippen molar-refractivity contribution in [1.82, 2.24) is 4.72 Å². The van der Waals surface area contributed by atoms with Crippen LogP contribution < -0.4 is 10.5 Å². The van der Waals surface area contributed by atoms with Crippen molar-refractivity contribution in [2.45, 2.75) is 36.4 Å². The van der Waals surface area contributed by atoms with Crippen molar-refractivity contribution in [2.75, 3.05) is 6.54 Å². The van der Waals surface area contributed by atoms with Gasteiger partial charge in [-0.3, -0.25) is 0 Å². The van der Waals surface area contributed by atoms with Crippen LogP contribution in [0.2, 0.25) is 0 Å². The number of nitrogens with two attached hydrogens (primary N) is 1. The average Bonchev–Trinajstić information content (AvgIpc) is 2.86. The van der Waals surface area contributed by atoms with Crippen molar-refractivity contribution in [3.05, 3.63) is 17.0 Å². The van der Waals surface area contributed by atoms with E-state index >= 15 is 0 Å². The molecule has 104 valence electrons. The van der Waals surface area contributed by atoms with Crippen LogP contribution in [-0.4, -0.2) is 21.0 Å². The molecule has 0 aliphatic heterocycles. The molecule has 1 heterocycles. The van der Waals surface area contributed by atoms with Crippen molar-refractivity contribution in [1.29, 1.82) is 0 Å². The molecule has 1 aromatic rings. The van der Waals surface area contributed by atoms with E-state index in [-0.39, 0.29) is 24.4 Å². The fraction of sp³-hybridized carbons (Fsp3) is 0.636. The number of rotatable bonds is 4. The van der Waals surface area contributed by atoms with Crippen LogP contribution in [0, 0.1) is 12.8 Å². The normalized spacial score (nSPS) is 23.9. The molecule has 7 heteroatoms. The van der Waals surface area contributed by atoms with Gasteiger partial charge in [-0.2, -0.15) is 0 Å². The minimum atomic E-state index is -3.35. The Bertz CT molecular complexity index is 487. The zero-order valence-electron chi connectivity index (χ0n) is 10.3. The second kappa shape index (κ2) is 6.34. The number of hydrogen-bond donors (Lipinski definition) is 2. The molecule has 2 atom stereocenters. The maximum Gasteiger partial charge on any atom is 0.250 e. The Hall–Kier alpha value is -0.140. The number of thiophene rings is 1. The van der Waals surface area contributed by atoms with E-state index in [0.29, 0.717) is 10.8 Å². The van der Waals surface area contributed by atoms with Gasteiger partial charge in [0.2, 0.25) is 10.0 Å². The Kier molecular flexibility index (Phi) is 5.61. The lowest BCUT2D eigenvalue weighted by atomic mass is 10.1. The first kappa shape index (κ1) is 15.9. The van der Waals surface area contributed by atoms with Crippen LogP contribution in [0.4, 0.5) is 0 Å². The second-order valence-corrected chi connectivity index (χ2v) is 7.75. The van der Waals surface area contributed by atoms with E-state index in [0.717, 1.165) is 24.1 Å². The van der Waals surface area contributed by atoms with Crippen LogP contribution in [-0.2, 0) is 10.0 Å². The summed E-state index contributed by atoms with van der Waals surface area (Å²) in [5.74, 6) is 0.283. The molecule has 2 rings (SSSR count). The first-order chi connectivity index (χ1) is 8.03. The Morgan fingerprint density at radius 2 is 2.17 bits per heavy atom. The molecule has 18 heavy (non-hydrogen) atoms. The van der Waals surface area contributed by atoms with Gasteiger partial charge in [0.15, 0.2) is 0 Å². The third-order valence-electron chi connectivity index (χ3n) is 3.25. The summed E-state index contributed by atoms with van der Waals surface area (Å²) in [6.07, 6.45) is 2.97. The minimum Gasteiger partial charge on any atom is -0.330 e. The second-order valence-electron chi connectivity index (χ2n) is 4.52. The third kappa shape index (κ3) is 3.45. The molecule has 2 unspecified atom stereocenters. The Balaban J connectivity index is 0.00000162. The molecule has 1 aromatic heterocycles. The van der Waals surface area contributed by atoms with Gasteiger partial charge in [0.25, 0.3) is 0 Å². The highest BCUT2D eigenvalue weighted by molar-refractivity contribution is 7.91. The van der Waals surface area contributed by atoms with Crippen molar-refractivity contribution in [3.8, 4) is 0 Å². The van der Waals surface area contributed by atoms with Crippen molar-refractivity contribution < 1.29 is 8.42 Å². The summed E-state index contributed by atoms with van der Waals surface area (Å²) in [7, 11) is -3.35. The highest BCUT2D eigenvalue weighted by Gasteiger charge is 2.30. The van der Waals surface area contributed by atoms with Gasteiger partial charge < -0.3 is 5.73 Å². The van der Waals surface area contributed by atoms with E-state index in [9.17, 15) is 8.42 Å². The molecule has 0 aromatic carbocycles. The molecule has 0 saturated heterocycles. The quantitative estimate of drug-likeness (QED) is 0.892. The number of nitrogens with one attached hydrogen (secondary N) is 1. The number of aryl methyl sites for hydroxylation is 1. The predicted molar refractivity (Wildman–Crippen MR) is 76.8 cm³/mol. The highest BCUT2D eigenvalue weighted by atomic mass is 35.5. The monoisotopic (exact) mass is 310 g/mol. The van der Waals surface area contributed by atoms with E-state index in [2.05, 4.69) is 4.72 Å². The van der Waals surface area contributed by atoms with Crippen LogP contribution in [0.1, 0.15) is 24.1 Å². The molecule has 0 bridgehead atoms. The summed E-state index contributed by atoms with van der Waals surface area (Å²) >= 11 is 1.31. The summed E-state index contributed by atoms with van der Waals surface area (Å²) in [6.45, 7) is 2.46. The lowest BCUT2D eigenvalue weighted by Gasteiger charge is -2.18. The Morgan fingerprint density at radius 3 is 2.72 bits per heavy atom. The van der Waals surface area contributed by atoms with Crippen LogP contribution in [0.3, 0.4) is 0 Å². The Morgan fingerprint density at radius 1 is 1.44 bits per heavy atom. The van der Waals surface area contributed by atoms with Crippen LogP contribution in [0.25, 0.3) is 0 Å². The van der Waals surface area contributed by atoms with Crippen LogP contribution in [0.5, 0.6) is 0 Å². The van der Waals surface area contributed by atoms with Crippen molar-refractivity contribution >= 4 is 33.8 Å². The largest absolute Gasteiger partial charge is 0.330 e. The molecule has 0 radical (unpaired) electrons. The molecule has 1 saturated carbocycles. The zero-order chi connectivity index (χ0) is 12.5. The van der Waals surface area contributed by atoms with Gasteiger partial charge in [0.05, 0.1) is 0 Å². The van der Waals surface area contributed by atoms with Gasteiger partial charge in [-0.05, 0) is 44.4 Å². The highest BCUT2D eigenvalue weighted by Crippen LogP contribution is 2.27. The van der Waals surface area contributed by atoms with Crippen molar-refractivity contribution in [3.63, 3.8) is 0 Å². The van der Waals surface area contributed by atoms with E-state index in [4.69, 9.17) is 5.73 Å². The summed E-state index contributed by atoms with van der Waals surface area (Å²) in [6, 6.07) is 3.50. The number of sulfonamides is 1. The fourth-order valence-corrected chi connectivity index (χ4v) is 4.93. The molecular weight excluding hydrogens is 292 g/mol. The standard InChI is InChI=1S/C11H18N2O2S2.ClH/c1-8-5-6-11(16-8)17(14,15)13-10-4-2-3-9(10)7-12;/h5-6,9-10,13H,2-4,7,12H2,1H3;1H. The van der Waals surface area contributed by atoms with Crippen molar-refractivity contribution in [2.24, 2.45) is 11.7 Å². The van der Waals surface area contributed by atoms with Gasteiger partial charge in [0.1, 0.15) is 4.21 Å². The number of halogens is 1. The minimum absolute atomic E-state index is 0. The van der Waals surface area contributed by atoms with Gasteiger partial charge in [0, 0.05) is 10.9 Å². The van der Waals surface area contributed by atoms with Gasteiger partial charge in [-0.25, -0.2) is 13.1 Å². The molecule has 0 spiro atoms. The Labute approximate surface area is 118 Å². The first-order valence-corrected chi connectivity index (χ1v) is 8.12. The molecule has 0 amide bonds. The van der Waals surface area contributed by atoms with Gasteiger partial charge in [-0.15, -0.1) is 23.7 Å². The van der Waals surface area contributed by atoms with E-state index in [1.807, 2.05) is 13.0 Å². The number of hydrogen-bond acceptors (Lipinski definition) is 4. The molecule has 1 aliphatic carbocycles. The zero-order valence-corrected chi connectivity index (χ0v) is 12.7. The fourth-order valence-electron chi connectivity index (χ4n) is 2.29. The molecule has 3 N–H and O–H groups in total. The first-order valence-electron chi connectivity index (χ1n) is 5.82. The van der Waals surface area contributed by atoms with E-state index in [1.165, 1.54) is 11.3 Å². The molecule has 4 nitrogen and oxygen atoms in total. The summed E-state index contributed by atoms with van der Waals surface area (Å²) in [5.41, 5.74) is 5.65. The SMILES string of the molecule is Cc1ccc(S(=O)(=O)NC2CCCC2CN)s1.Cl. The maximum absolute atomic E-state index is 12.1. The topological polar surface area (TPSA) is 72.2 Å². The van der Waals surface area contributed by atoms with E-state index < -0.39 is 10.0 Å². The molecule has 1 fully saturated rings.